The Morgan fingerprint density at radius 3 is 2.41 bits per heavy atom. The Morgan fingerprint density at radius 1 is 1.35 bits per heavy atom. The molecule has 3 heteroatoms. The maximum atomic E-state index is 11.8. The molecule has 1 aromatic carbocycles. The van der Waals surface area contributed by atoms with Gasteiger partial charge in [0.25, 0.3) is 0 Å². The molecule has 0 saturated carbocycles. The fourth-order valence-corrected chi connectivity index (χ4v) is 1.43. The first-order chi connectivity index (χ1) is 7.92. The third kappa shape index (κ3) is 4.81. The number of esters is 1. The van der Waals surface area contributed by atoms with Gasteiger partial charge in [-0.05, 0) is 33.1 Å². The average Bonchev–Trinajstić information content (AvgIpc) is 2.24. The van der Waals surface area contributed by atoms with Crippen molar-refractivity contribution in [3.63, 3.8) is 0 Å². The molecule has 92 valence electrons. The smallest absolute Gasteiger partial charge is 0.331 e. The lowest BCUT2D eigenvalue weighted by Crippen LogP contribution is -2.32. The average molecular weight is 233 g/mol. The number of carbonyl (C=O) groups is 1. The molecule has 0 bridgehead atoms. The highest BCUT2D eigenvalue weighted by Crippen LogP contribution is 2.12. The monoisotopic (exact) mass is 233 g/mol. The first-order valence-corrected chi connectivity index (χ1v) is 5.65. The zero-order chi connectivity index (χ0) is 12.9. The van der Waals surface area contributed by atoms with E-state index in [0.29, 0.717) is 6.42 Å². The number of benzene rings is 1. The number of hydrogen-bond acceptors (Lipinski definition) is 3. The van der Waals surface area contributed by atoms with Gasteiger partial charge in [0.15, 0.2) is 6.04 Å². The quantitative estimate of drug-likeness (QED) is 0.592. The highest BCUT2D eigenvalue weighted by Gasteiger charge is 2.24. The molecule has 17 heavy (non-hydrogen) atoms. The van der Waals surface area contributed by atoms with E-state index >= 15 is 0 Å². The standard InChI is InChI=1S/C14H19NO2/c1-14(2,3)17-13(16)12(15-4)10-11-8-6-5-7-9-11/h5-9,12H,4,10H2,1-3H3. The lowest BCUT2D eigenvalue weighted by Gasteiger charge is -2.22. The third-order valence-electron chi connectivity index (χ3n) is 2.17. The van der Waals surface area contributed by atoms with Crippen LogP contribution in [0.25, 0.3) is 0 Å². The summed E-state index contributed by atoms with van der Waals surface area (Å²) < 4.78 is 5.29. The minimum atomic E-state index is -0.531. The summed E-state index contributed by atoms with van der Waals surface area (Å²) in [6.45, 7) is 8.98. The lowest BCUT2D eigenvalue weighted by molar-refractivity contribution is -0.156. The fourth-order valence-electron chi connectivity index (χ4n) is 1.43. The van der Waals surface area contributed by atoms with E-state index in [0.717, 1.165) is 5.56 Å². The van der Waals surface area contributed by atoms with Gasteiger partial charge >= 0.3 is 5.97 Å². The van der Waals surface area contributed by atoms with Crippen LogP contribution >= 0.6 is 0 Å². The second-order valence-electron chi connectivity index (χ2n) is 4.92. The number of carbonyl (C=O) groups excluding carboxylic acids is 1. The van der Waals surface area contributed by atoms with E-state index < -0.39 is 11.6 Å². The number of nitrogens with zero attached hydrogens (tertiary/aromatic N) is 1. The Bertz CT molecular complexity index is 379. The number of hydrogen-bond donors (Lipinski definition) is 0. The van der Waals surface area contributed by atoms with Crippen LogP contribution in [0.15, 0.2) is 35.3 Å². The second kappa shape index (κ2) is 5.62. The number of aliphatic imine (C=N–C) groups is 1. The van der Waals surface area contributed by atoms with Crippen molar-refractivity contribution in [3.8, 4) is 0 Å². The van der Waals surface area contributed by atoms with E-state index in [1.165, 1.54) is 0 Å². The molecule has 0 aliphatic carbocycles. The molecule has 0 N–H and O–H groups in total. The summed E-state index contributed by atoms with van der Waals surface area (Å²) in [5.74, 6) is -0.323. The van der Waals surface area contributed by atoms with E-state index in [-0.39, 0.29) is 5.97 Å². The SMILES string of the molecule is C=NC(Cc1ccccc1)C(=O)OC(C)(C)C. The van der Waals surface area contributed by atoms with E-state index in [1.807, 2.05) is 51.1 Å². The van der Waals surface area contributed by atoms with Crippen LogP contribution < -0.4 is 0 Å². The maximum Gasteiger partial charge on any atom is 0.331 e. The number of ether oxygens (including phenoxy) is 1. The summed E-state index contributed by atoms with van der Waals surface area (Å²) >= 11 is 0. The van der Waals surface area contributed by atoms with E-state index in [1.54, 1.807) is 0 Å². The molecule has 1 unspecified atom stereocenters. The van der Waals surface area contributed by atoms with Gasteiger partial charge in [0.2, 0.25) is 0 Å². The van der Waals surface area contributed by atoms with Gasteiger partial charge in [-0.15, -0.1) is 0 Å². The zero-order valence-corrected chi connectivity index (χ0v) is 10.6. The Kier molecular flexibility index (Phi) is 4.44. The molecular weight excluding hydrogens is 214 g/mol. The van der Waals surface area contributed by atoms with Crippen molar-refractivity contribution >= 4 is 12.7 Å². The Balaban J connectivity index is 2.66. The van der Waals surface area contributed by atoms with Crippen molar-refractivity contribution in [3.05, 3.63) is 35.9 Å². The predicted octanol–water partition coefficient (Wildman–Crippen LogP) is 2.64. The van der Waals surface area contributed by atoms with Gasteiger partial charge in [-0.2, -0.15) is 0 Å². The molecular formula is C14H19NO2. The Morgan fingerprint density at radius 2 is 1.94 bits per heavy atom. The van der Waals surface area contributed by atoms with Crippen LogP contribution in [0.5, 0.6) is 0 Å². The Hall–Kier alpha value is -1.64. The molecule has 0 radical (unpaired) electrons. The molecule has 0 saturated heterocycles. The van der Waals surface area contributed by atoms with Crippen LogP contribution in [-0.2, 0) is 16.0 Å². The lowest BCUT2D eigenvalue weighted by atomic mass is 10.1. The minimum absolute atomic E-state index is 0.323. The highest BCUT2D eigenvalue weighted by atomic mass is 16.6. The van der Waals surface area contributed by atoms with Crippen LogP contribution in [0.3, 0.4) is 0 Å². The predicted molar refractivity (Wildman–Crippen MR) is 69.3 cm³/mol. The molecule has 0 heterocycles. The first kappa shape index (κ1) is 13.4. The van der Waals surface area contributed by atoms with Gasteiger partial charge in [-0.3, -0.25) is 4.99 Å². The van der Waals surface area contributed by atoms with Gasteiger partial charge < -0.3 is 4.74 Å². The van der Waals surface area contributed by atoms with Crippen molar-refractivity contribution in [2.24, 2.45) is 4.99 Å². The van der Waals surface area contributed by atoms with Crippen molar-refractivity contribution in [2.45, 2.75) is 38.8 Å². The molecule has 0 aliphatic rings. The molecule has 0 aromatic heterocycles. The summed E-state index contributed by atoms with van der Waals surface area (Å²) in [6, 6.07) is 9.20. The molecule has 0 aliphatic heterocycles. The van der Waals surface area contributed by atoms with Gasteiger partial charge in [-0.1, -0.05) is 30.3 Å². The largest absolute Gasteiger partial charge is 0.458 e. The molecule has 0 spiro atoms. The molecule has 3 nitrogen and oxygen atoms in total. The summed E-state index contributed by atoms with van der Waals surface area (Å²) in [7, 11) is 0. The van der Waals surface area contributed by atoms with Crippen molar-refractivity contribution < 1.29 is 9.53 Å². The topological polar surface area (TPSA) is 38.7 Å². The van der Waals surface area contributed by atoms with Crippen molar-refractivity contribution in [2.75, 3.05) is 0 Å². The second-order valence-corrected chi connectivity index (χ2v) is 4.92. The molecule has 1 atom stereocenters. The summed E-state index contributed by atoms with van der Waals surface area (Å²) in [5.41, 5.74) is 0.562. The van der Waals surface area contributed by atoms with Crippen molar-refractivity contribution in [1.29, 1.82) is 0 Å². The Labute approximate surface area is 103 Å². The van der Waals surface area contributed by atoms with Crippen LogP contribution in [0.2, 0.25) is 0 Å². The third-order valence-corrected chi connectivity index (χ3v) is 2.17. The molecule has 0 amide bonds. The van der Waals surface area contributed by atoms with Gasteiger partial charge in [0.05, 0.1) is 0 Å². The van der Waals surface area contributed by atoms with Crippen LogP contribution in [0.4, 0.5) is 0 Å². The molecule has 1 rings (SSSR count). The van der Waals surface area contributed by atoms with E-state index in [2.05, 4.69) is 11.7 Å². The van der Waals surface area contributed by atoms with Crippen LogP contribution in [-0.4, -0.2) is 24.3 Å². The van der Waals surface area contributed by atoms with Crippen LogP contribution in [0, 0.1) is 0 Å². The zero-order valence-electron chi connectivity index (χ0n) is 10.6. The fraction of sp³-hybridized carbons (Fsp3) is 0.429. The number of rotatable bonds is 4. The highest BCUT2D eigenvalue weighted by molar-refractivity contribution is 5.77. The van der Waals surface area contributed by atoms with Gasteiger partial charge in [0, 0.05) is 6.42 Å². The summed E-state index contributed by atoms with van der Waals surface area (Å²) in [5, 5.41) is 0. The van der Waals surface area contributed by atoms with Crippen LogP contribution in [0.1, 0.15) is 26.3 Å². The molecule has 1 aromatic rings. The first-order valence-electron chi connectivity index (χ1n) is 5.65. The summed E-state index contributed by atoms with van der Waals surface area (Å²) in [6.07, 6.45) is 0.527. The summed E-state index contributed by atoms with van der Waals surface area (Å²) in [4.78, 5) is 15.7. The molecule has 0 fully saturated rings. The van der Waals surface area contributed by atoms with Crippen molar-refractivity contribution in [1.82, 2.24) is 0 Å². The minimum Gasteiger partial charge on any atom is -0.458 e. The van der Waals surface area contributed by atoms with Gasteiger partial charge in [0.1, 0.15) is 5.60 Å². The van der Waals surface area contributed by atoms with E-state index in [9.17, 15) is 4.79 Å². The maximum absolute atomic E-state index is 11.8. The van der Waals surface area contributed by atoms with Gasteiger partial charge in [-0.25, -0.2) is 4.79 Å². The normalized spacial score (nSPS) is 12.9. The van der Waals surface area contributed by atoms with E-state index in [4.69, 9.17) is 4.74 Å².